The van der Waals surface area contributed by atoms with Crippen LogP contribution in [0, 0.1) is 0 Å². The Morgan fingerprint density at radius 1 is 0.840 bits per heavy atom. The largest absolute Gasteiger partial charge is 0.299 e. The fourth-order valence-electron chi connectivity index (χ4n) is 3.80. The first-order valence-corrected chi connectivity index (χ1v) is 10.5. The van der Waals surface area contributed by atoms with Gasteiger partial charge in [0.2, 0.25) is 10.0 Å². The van der Waals surface area contributed by atoms with E-state index in [0.717, 1.165) is 36.3 Å². The van der Waals surface area contributed by atoms with Crippen LogP contribution in [0.5, 0.6) is 0 Å². The number of nitrogens with zero attached hydrogens (tertiary/aromatic N) is 2. The molecule has 0 aliphatic carbocycles. The van der Waals surface area contributed by atoms with E-state index in [2.05, 4.69) is 4.90 Å². The maximum atomic E-state index is 13.1. The van der Waals surface area contributed by atoms with Crippen LogP contribution in [0.4, 0.5) is 0 Å². The number of benzene rings is 2. The first kappa shape index (κ1) is 16.8. The summed E-state index contributed by atoms with van der Waals surface area (Å²) in [6, 6.07) is 15.4. The van der Waals surface area contributed by atoms with E-state index in [-0.39, 0.29) is 0 Å². The van der Waals surface area contributed by atoms with Gasteiger partial charge in [0, 0.05) is 19.6 Å². The third kappa shape index (κ3) is 3.50. The van der Waals surface area contributed by atoms with Crippen LogP contribution >= 0.6 is 0 Å². The lowest BCUT2D eigenvalue weighted by Crippen LogP contribution is -2.29. The van der Waals surface area contributed by atoms with Crippen molar-refractivity contribution in [2.24, 2.45) is 0 Å². The minimum Gasteiger partial charge on any atom is -0.299 e. The molecular weight excluding hydrogens is 332 g/mol. The highest BCUT2D eigenvalue weighted by Gasteiger charge is 2.30. The molecule has 0 aromatic heterocycles. The summed E-state index contributed by atoms with van der Waals surface area (Å²) in [4.78, 5) is 2.83. The number of rotatable bonds is 4. The minimum atomic E-state index is -3.45. The maximum Gasteiger partial charge on any atom is 0.243 e. The lowest BCUT2D eigenvalue weighted by molar-refractivity contribution is 0.221. The first-order chi connectivity index (χ1) is 12.1. The van der Waals surface area contributed by atoms with Gasteiger partial charge < -0.3 is 0 Å². The Hall–Kier alpha value is -1.69. The Bertz CT molecular complexity index is 833. The van der Waals surface area contributed by atoms with E-state index in [1.165, 1.54) is 19.3 Å². The maximum absolute atomic E-state index is 13.1. The summed E-state index contributed by atoms with van der Waals surface area (Å²) in [5, 5.41) is 0. The number of likely N-dealkylation sites (tertiary alicyclic amines) is 1. The van der Waals surface area contributed by atoms with Gasteiger partial charge in [-0.25, -0.2) is 8.42 Å². The number of hydrogen-bond donors (Lipinski definition) is 0. The molecular formula is C20H24N2O2S. The zero-order chi connectivity index (χ0) is 17.3. The van der Waals surface area contributed by atoms with Gasteiger partial charge in [0.15, 0.2) is 0 Å². The molecule has 4 nitrogen and oxygen atoms in total. The SMILES string of the molecule is O=S(=O)(c1cccc(CN2CCCCC2)c1)N1Cc2ccccc2C1. The van der Waals surface area contributed by atoms with E-state index in [4.69, 9.17) is 0 Å². The van der Waals surface area contributed by atoms with Crippen LogP contribution in [0.2, 0.25) is 0 Å². The monoisotopic (exact) mass is 356 g/mol. The second-order valence-electron chi connectivity index (χ2n) is 7.03. The lowest BCUT2D eigenvalue weighted by Gasteiger charge is -2.26. The second-order valence-corrected chi connectivity index (χ2v) is 8.96. The van der Waals surface area contributed by atoms with Crippen LogP contribution in [-0.4, -0.2) is 30.7 Å². The normalized spacial score (nSPS) is 19.0. The molecule has 0 amide bonds. The Balaban J connectivity index is 1.54. The zero-order valence-electron chi connectivity index (χ0n) is 14.4. The topological polar surface area (TPSA) is 40.6 Å². The number of sulfonamides is 1. The van der Waals surface area contributed by atoms with Gasteiger partial charge in [-0.1, -0.05) is 42.8 Å². The van der Waals surface area contributed by atoms with Crippen molar-refractivity contribution in [3.8, 4) is 0 Å². The second kappa shape index (κ2) is 6.90. The van der Waals surface area contributed by atoms with E-state index < -0.39 is 10.0 Å². The molecule has 4 rings (SSSR count). The molecule has 0 saturated carbocycles. The molecule has 1 fully saturated rings. The van der Waals surface area contributed by atoms with E-state index in [0.29, 0.717) is 18.0 Å². The van der Waals surface area contributed by atoms with E-state index in [9.17, 15) is 8.42 Å². The Morgan fingerprint density at radius 3 is 2.20 bits per heavy atom. The van der Waals surface area contributed by atoms with Gasteiger partial charge in [-0.05, 0) is 54.8 Å². The highest BCUT2D eigenvalue weighted by atomic mass is 32.2. The predicted octanol–water partition coefficient (Wildman–Crippen LogP) is 3.38. The average Bonchev–Trinajstić information content (AvgIpc) is 3.08. The summed E-state index contributed by atoms with van der Waals surface area (Å²) < 4.78 is 27.7. The van der Waals surface area contributed by atoms with Crippen molar-refractivity contribution < 1.29 is 8.42 Å². The standard InChI is InChI=1S/C20H24N2O2S/c23-25(24,22-15-18-8-2-3-9-19(18)16-22)20-10-6-7-17(13-20)14-21-11-4-1-5-12-21/h2-3,6-10,13H,1,4-5,11-12,14-16H2. The van der Waals surface area contributed by atoms with Crippen molar-refractivity contribution in [1.29, 1.82) is 0 Å². The molecule has 0 atom stereocenters. The quantitative estimate of drug-likeness (QED) is 0.843. The van der Waals surface area contributed by atoms with Crippen LogP contribution < -0.4 is 0 Å². The van der Waals surface area contributed by atoms with Crippen molar-refractivity contribution in [1.82, 2.24) is 9.21 Å². The molecule has 2 aliphatic heterocycles. The number of hydrogen-bond acceptors (Lipinski definition) is 3. The van der Waals surface area contributed by atoms with Crippen LogP contribution in [0.25, 0.3) is 0 Å². The van der Waals surface area contributed by atoms with Crippen molar-refractivity contribution >= 4 is 10.0 Å². The van der Waals surface area contributed by atoms with Crippen LogP contribution in [0.1, 0.15) is 36.0 Å². The molecule has 1 saturated heterocycles. The molecule has 2 aliphatic rings. The van der Waals surface area contributed by atoms with E-state index in [1.54, 1.807) is 10.4 Å². The lowest BCUT2D eigenvalue weighted by atomic mass is 10.1. The summed E-state index contributed by atoms with van der Waals surface area (Å²) in [7, 11) is -3.45. The molecule has 0 unspecified atom stereocenters. The molecule has 2 aromatic rings. The van der Waals surface area contributed by atoms with E-state index in [1.807, 2.05) is 42.5 Å². The molecule has 2 heterocycles. The Morgan fingerprint density at radius 2 is 1.52 bits per heavy atom. The van der Waals surface area contributed by atoms with Gasteiger partial charge in [0.1, 0.15) is 0 Å². The fraction of sp³-hybridized carbons (Fsp3) is 0.400. The summed E-state index contributed by atoms with van der Waals surface area (Å²) in [5.41, 5.74) is 3.30. The highest BCUT2D eigenvalue weighted by Crippen LogP contribution is 2.29. The molecule has 2 aromatic carbocycles. The minimum absolute atomic E-state index is 0.412. The van der Waals surface area contributed by atoms with Crippen molar-refractivity contribution in [3.63, 3.8) is 0 Å². The third-order valence-corrected chi connectivity index (χ3v) is 6.99. The molecule has 0 bridgehead atoms. The molecule has 0 spiro atoms. The van der Waals surface area contributed by atoms with Crippen LogP contribution in [-0.2, 0) is 29.7 Å². The molecule has 25 heavy (non-hydrogen) atoms. The summed E-state index contributed by atoms with van der Waals surface area (Å²) in [6.07, 6.45) is 3.79. The zero-order valence-corrected chi connectivity index (χ0v) is 15.2. The average molecular weight is 356 g/mol. The van der Waals surface area contributed by atoms with Gasteiger partial charge in [-0.15, -0.1) is 0 Å². The molecule has 0 N–H and O–H groups in total. The molecule has 0 radical (unpaired) electrons. The summed E-state index contributed by atoms with van der Waals surface area (Å²) in [5.74, 6) is 0. The number of piperidine rings is 1. The molecule has 5 heteroatoms. The van der Waals surface area contributed by atoms with Gasteiger partial charge in [-0.2, -0.15) is 4.31 Å². The van der Waals surface area contributed by atoms with Crippen molar-refractivity contribution in [2.75, 3.05) is 13.1 Å². The van der Waals surface area contributed by atoms with Crippen molar-refractivity contribution in [2.45, 2.75) is 43.8 Å². The van der Waals surface area contributed by atoms with Crippen LogP contribution in [0.15, 0.2) is 53.4 Å². The summed E-state index contributed by atoms with van der Waals surface area (Å²) in [6.45, 7) is 3.99. The van der Waals surface area contributed by atoms with Gasteiger partial charge in [0.05, 0.1) is 4.90 Å². The predicted molar refractivity (Wildman–Crippen MR) is 98.4 cm³/mol. The Kier molecular flexibility index (Phi) is 4.63. The molecule has 132 valence electrons. The van der Waals surface area contributed by atoms with Gasteiger partial charge in [-0.3, -0.25) is 4.90 Å². The smallest absolute Gasteiger partial charge is 0.243 e. The van der Waals surface area contributed by atoms with Crippen molar-refractivity contribution in [3.05, 3.63) is 65.2 Å². The first-order valence-electron chi connectivity index (χ1n) is 9.01. The Labute approximate surface area is 150 Å². The summed E-state index contributed by atoms with van der Waals surface area (Å²) >= 11 is 0. The van der Waals surface area contributed by atoms with Crippen LogP contribution in [0.3, 0.4) is 0 Å². The van der Waals surface area contributed by atoms with Gasteiger partial charge in [0.25, 0.3) is 0 Å². The highest BCUT2D eigenvalue weighted by molar-refractivity contribution is 7.89. The third-order valence-electron chi connectivity index (χ3n) is 5.20. The van der Waals surface area contributed by atoms with Gasteiger partial charge >= 0.3 is 0 Å². The van der Waals surface area contributed by atoms with E-state index >= 15 is 0 Å². The number of fused-ring (bicyclic) bond motifs is 1. The fourth-order valence-corrected chi connectivity index (χ4v) is 5.27.